The van der Waals surface area contributed by atoms with E-state index in [1.54, 1.807) is 11.3 Å². The van der Waals surface area contributed by atoms with Gasteiger partial charge in [0.15, 0.2) is 5.82 Å². The molecular weight excluding hydrogens is 408 g/mol. The summed E-state index contributed by atoms with van der Waals surface area (Å²) in [5, 5.41) is 10.4. The van der Waals surface area contributed by atoms with Crippen LogP contribution in [0.4, 0.5) is 0 Å². The average molecular weight is 429 g/mol. The highest BCUT2D eigenvalue weighted by Crippen LogP contribution is 2.40. The molecule has 0 N–H and O–H groups in total. The van der Waals surface area contributed by atoms with Gasteiger partial charge in [-0.15, -0.1) is 21.5 Å². The third-order valence-electron chi connectivity index (χ3n) is 5.35. The Morgan fingerprint density at radius 1 is 1.21 bits per heavy atom. The summed E-state index contributed by atoms with van der Waals surface area (Å²) in [5.74, 6) is 0.559. The normalized spacial score (nSPS) is 16.5. The Bertz CT molecular complexity index is 1130. The zero-order valence-electron chi connectivity index (χ0n) is 16.9. The Kier molecular flexibility index (Phi) is 5.04. The van der Waals surface area contributed by atoms with Gasteiger partial charge in [-0.2, -0.15) is 0 Å². The van der Waals surface area contributed by atoms with Crippen molar-refractivity contribution >= 4 is 34.6 Å². The maximum atomic E-state index is 12.4. The molecule has 0 unspecified atom stereocenters. The Morgan fingerprint density at radius 3 is 2.55 bits per heavy atom. The second-order valence-electron chi connectivity index (χ2n) is 7.15. The van der Waals surface area contributed by atoms with E-state index in [0.717, 1.165) is 33.2 Å². The van der Waals surface area contributed by atoms with Crippen LogP contribution in [0.2, 0.25) is 5.02 Å². The van der Waals surface area contributed by atoms with Crippen LogP contribution in [0.15, 0.2) is 29.3 Å². The summed E-state index contributed by atoms with van der Waals surface area (Å²) in [6.45, 7) is 7.92. The fraction of sp³-hybridized carbons (Fsp3) is 0.333. The maximum absolute atomic E-state index is 12.4. The summed E-state index contributed by atoms with van der Waals surface area (Å²) in [5.41, 5.74) is 3.96. The van der Waals surface area contributed by atoms with Crippen molar-refractivity contribution in [1.29, 1.82) is 0 Å². The van der Waals surface area contributed by atoms with Crippen molar-refractivity contribution in [2.45, 2.75) is 33.7 Å². The number of aryl methyl sites for hydroxylation is 2. The molecule has 0 saturated carbocycles. The molecule has 1 aliphatic rings. The number of thiophene rings is 1. The summed E-state index contributed by atoms with van der Waals surface area (Å²) in [6.07, 6.45) is 0. The number of methoxy groups -OCH3 is 1. The number of hydrogen-bond donors (Lipinski definition) is 0. The molecule has 1 aliphatic heterocycles. The first kappa shape index (κ1) is 19.8. The second-order valence-corrected chi connectivity index (χ2v) is 8.79. The number of carbonyl (C=O) groups excluding carboxylic acids is 1. The summed E-state index contributed by atoms with van der Waals surface area (Å²) in [4.78, 5) is 18.7. The van der Waals surface area contributed by atoms with Gasteiger partial charge in [-0.3, -0.25) is 14.4 Å². The molecule has 3 aromatic rings. The van der Waals surface area contributed by atoms with E-state index in [0.29, 0.717) is 10.8 Å². The number of halogens is 1. The van der Waals surface area contributed by atoms with Crippen LogP contribution in [-0.2, 0) is 9.53 Å². The third-order valence-corrected chi connectivity index (χ3v) is 6.80. The van der Waals surface area contributed by atoms with Crippen molar-refractivity contribution in [2.75, 3.05) is 7.11 Å². The largest absolute Gasteiger partial charge is 0.469 e. The van der Waals surface area contributed by atoms with Gasteiger partial charge in [0.1, 0.15) is 16.9 Å². The molecule has 0 radical (unpaired) electrons. The van der Waals surface area contributed by atoms with Crippen LogP contribution in [-0.4, -0.2) is 33.6 Å². The minimum Gasteiger partial charge on any atom is -0.469 e. The van der Waals surface area contributed by atoms with Crippen molar-refractivity contribution in [3.8, 4) is 5.00 Å². The number of aromatic nitrogens is 3. The van der Waals surface area contributed by atoms with Gasteiger partial charge in [0, 0.05) is 21.0 Å². The van der Waals surface area contributed by atoms with Gasteiger partial charge in [0.2, 0.25) is 0 Å². The van der Waals surface area contributed by atoms with E-state index < -0.39 is 12.0 Å². The SMILES string of the molecule is COC(=O)[C@H](C)[C@@H]1N=C(c2ccc(Cl)cc2)c2c(sc(C)c2C)-n2c(C)nnc21. The molecule has 29 heavy (non-hydrogen) atoms. The fourth-order valence-electron chi connectivity index (χ4n) is 3.60. The summed E-state index contributed by atoms with van der Waals surface area (Å²) < 4.78 is 7.03. The van der Waals surface area contributed by atoms with E-state index in [-0.39, 0.29) is 5.97 Å². The maximum Gasteiger partial charge on any atom is 0.311 e. The number of esters is 1. The second kappa shape index (κ2) is 7.39. The number of benzene rings is 1. The standard InChI is InChI=1S/C21H21ClN4O2S/c1-10-12(3)29-20-16(10)18(14-6-8-15(22)9-7-14)23-17(11(2)21(27)28-5)19-25-24-13(4)26(19)20/h6-9,11,17H,1-5H3/t11-,17+/m1/s1. The molecule has 0 bridgehead atoms. The first-order valence-corrected chi connectivity index (χ1v) is 10.5. The third kappa shape index (κ3) is 3.18. The Balaban J connectivity index is 2.04. The number of fused-ring (bicyclic) bond motifs is 3. The van der Waals surface area contributed by atoms with Gasteiger partial charge in [-0.25, -0.2) is 0 Å². The zero-order valence-corrected chi connectivity index (χ0v) is 18.4. The van der Waals surface area contributed by atoms with E-state index in [1.165, 1.54) is 12.0 Å². The topological polar surface area (TPSA) is 69.4 Å². The molecule has 6 nitrogen and oxygen atoms in total. The molecular formula is C21H21ClN4O2S. The van der Waals surface area contributed by atoms with Crippen molar-refractivity contribution in [1.82, 2.24) is 14.8 Å². The van der Waals surface area contributed by atoms with E-state index >= 15 is 0 Å². The van der Waals surface area contributed by atoms with Crippen molar-refractivity contribution < 1.29 is 9.53 Å². The Labute approximate surface area is 178 Å². The number of ether oxygens (including phenoxy) is 1. The van der Waals surface area contributed by atoms with Gasteiger partial charge in [-0.05, 0) is 45.4 Å². The molecule has 1 aromatic carbocycles. The van der Waals surface area contributed by atoms with E-state index in [2.05, 4.69) is 24.0 Å². The monoisotopic (exact) mass is 428 g/mol. The minimum absolute atomic E-state index is 0.334. The van der Waals surface area contributed by atoms with Crippen molar-refractivity contribution in [2.24, 2.45) is 10.9 Å². The number of rotatable bonds is 3. The molecule has 0 fully saturated rings. The van der Waals surface area contributed by atoms with Crippen molar-refractivity contribution in [3.63, 3.8) is 0 Å². The number of aliphatic imine (C=N–C) groups is 1. The van der Waals surface area contributed by atoms with Gasteiger partial charge in [-0.1, -0.05) is 23.7 Å². The Hall–Kier alpha value is -2.51. The van der Waals surface area contributed by atoms with Crippen LogP contribution < -0.4 is 0 Å². The quantitative estimate of drug-likeness (QED) is 0.571. The molecule has 2 atom stereocenters. The highest BCUT2D eigenvalue weighted by atomic mass is 35.5. The Morgan fingerprint density at radius 2 is 1.90 bits per heavy atom. The number of nitrogens with zero attached hydrogens (tertiary/aromatic N) is 4. The lowest BCUT2D eigenvalue weighted by atomic mass is 9.98. The molecule has 150 valence electrons. The number of hydrogen-bond acceptors (Lipinski definition) is 6. The van der Waals surface area contributed by atoms with Gasteiger partial charge in [0.25, 0.3) is 0 Å². The van der Waals surface area contributed by atoms with Gasteiger partial charge in [0.05, 0.1) is 18.7 Å². The molecule has 4 rings (SSSR count). The highest BCUT2D eigenvalue weighted by molar-refractivity contribution is 7.15. The molecule has 0 spiro atoms. The fourth-order valence-corrected chi connectivity index (χ4v) is 4.94. The lowest BCUT2D eigenvalue weighted by molar-refractivity contribution is -0.145. The lowest BCUT2D eigenvalue weighted by Crippen LogP contribution is -2.22. The first-order chi connectivity index (χ1) is 13.8. The van der Waals surface area contributed by atoms with Crippen LogP contribution in [0.1, 0.15) is 46.2 Å². The van der Waals surface area contributed by atoms with Gasteiger partial charge < -0.3 is 4.74 Å². The average Bonchev–Trinajstić information content (AvgIpc) is 3.17. The van der Waals surface area contributed by atoms with E-state index in [9.17, 15) is 4.79 Å². The predicted molar refractivity (Wildman–Crippen MR) is 114 cm³/mol. The molecule has 8 heteroatoms. The van der Waals surface area contributed by atoms with Crippen molar-refractivity contribution in [3.05, 3.63) is 62.5 Å². The van der Waals surface area contributed by atoms with E-state index in [1.807, 2.05) is 42.7 Å². The van der Waals surface area contributed by atoms with Crippen LogP contribution in [0, 0.1) is 26.7 Å². The molecule has 2 aromatic heterocycles. The number of carbonyl (C=O) groups is 1. The summed E-state index contributed by atoms with van der Waals surface area (Å²) >= 11 is 7.79. The first-order valence-electron chi connectivity index (χ1n) is 9.27. The zero-order chi connectivity index (χ0) is 20.9. The van der Waals surface area contributed by atoms with Crippen LogP contribution in [0.25, 0.3) is 5.00 Å². The molecule has 3 heterocycles. The highest BCUT2D eigenvalue weighted by Gasteiger charge is 2.36. The van der Waals surface area contributed by atoms with Crippen LogP contribution in [0.5, 0.6) is 0 Å². The van der Waals surface area contributed by atoms with E-state index in [4.69, 9.17) is 21.3 Å². The molecule has 0 amide bonds. The van der Waals surface area contributed by atoms with Gasteiger partial charge >= 0.3 is 5.97 Å². The molecule has 0 saturated heterocycles. The smallest absolute Gasteiger partial charge is 0.311 e. The predicted octanol–water partition coefficient (Wildman–Crippen LogP) is 4.61. The summed E-state index contributed by atoms with van der Waals surface area (Å²) in [7, 11) is 1.39. The lowest BCUT2D eigenvalue weighted by Gasteiger charge is -2.18. The minimum atomic E-state index is -0.520. The molecule has 0 aliphatic carbocycles. The van der Waals surface area contributed by atoms with Crippen LogP contribution in [0.3, 0.4) is 0 Å². The van der Waals surface area contributed by atoms with Crippen LogP contribution >= 0.6 is 22.9 Å². The summed E-state index contributed by atoms with van der Waals surface area (Å²) in [6, 6.07) is 7.09.